The number of amides is 1. The summed E-state index contributed by atoms with van der Waals surface area (Å²) in [5.41, 5.74) is 16.7. The Labute approximate surface area is 116 Å². The van der Waals surface area contributed by atoms with Gasteiger partial charge in [0.25, 0.3) is 5.91 Å². The normalized spacial score (nSPS) is 11.2. The minimum atomic E-state index is -3.78. The molecule has 2 aromatic rings. The monoisotopic (exact) mass is 291 g/mol. The number of benzene rings is 2. The molecule has 6 nitrogen and oxygen atoms in total. The Morgan fingerprint density at radius 2 is 1.60 bits per heavy atom. The van der Waals surface area contributed by atoms with Crippen molar-refractivity contribution in [2.24, 2.45) is 5.73 Å². The van der Waals surface area contributed by atoms with E-state index in [9.17, 15) is 13.2 Å². The first-order valence-corrected chi connectivity index (χ1v) is 7.10. The number of carbonyl (C=O) groups excluding carboxylic acids is 1. The van der Waals surface area contributed by atoms with E-state index in [2.05, 4.69) is 0 Å². The lowest BCUT2D eigenvalue weighted by Gasteiger charge is -2.08. The van der Waals surface area contributed by atoms with Crippen molar-refractivity contribution >= 4 is 27.1 Å². The van der Waals surface area contributed by atoms with Crippen molar-refractivity contribution < 1.29 is 13.2 Å². The lowest BCUT2D eigenvalue weighted by atomic mass is 10.2. The summed E-state index contributed by atoms with van der Waals surface area (Å²) in [4.78, 5) is 11.2. The van der Waals surface area contributed by atoms with Crippen LogP contribution in [0.25, 0.3) is 0 Å². The SMILES string of the molecule is NC(=O)c1cc(S(=O)(=O)c2cccc(N)c2)ccc1N. The smallest absolute Gasteiger partial charge is 0.250 e. The third-order valence-corrected chi connectivity index (χ3v) is 4.52. The summed E-state index contributed by atoms with van der Waals surface area (Å²) >= 11 is 0. The Balaban J connectivity index is 2.61. The lowest BCUT2D eigenvalue weighted by Crippen LogP contribution is -2.14. The summed E-state index contributed by atoms with van der Waals surface area (Å²) in [6.07, 6.45) is 0. The molecule has 0 fully saturated rings. The highest BCUT2D eigenvalue weighted by Gasteiger charge is 2.20. The third kappa shape index (κ3) is 2.43. The number of nitrogens with two attached hydrogens (primary N) is 3. The Morgan fingerprint density at radius 3 is 2.20 bits per heavy atom. The maximum Gasteiger partial charge on any atom is 0.250 e. The maximum absolute atomic E-state index is 12.4. The van der Waals surface area contributed by atoms with Crippen molar-refractivity contribution in [1.29, 1.82) is 0 Å². The number of primary amides is 1. The lowest BCUT2D eigenvalue weighted by molar-refractivity contribution is 0.100. The van der Waals surface area contributed by atoms with Gasteiger partial charge in [-0.25, -0.2) is 8.42 Å². The Morgan fingerprint density at radius 1 is 0.950 bits per heavy atom. The van der Waals surface area contributed by atoms with Crippen LogP contribution in [-0.2, 0) is 9.84 Å². The van der Waals surface area contributed by atoms with Crippen molar-refractivity contribution in [2.45, 2.75) is 9.79 Å². The number of nitrogen functional groups attached to an aromatic ring is 2. The fraction of sp³-hybridized carbons (Fsp3) is 0. The molecule has 0 aliphatic rings. The number of carbonyl (C=O) groups is 1. The molecule has 0 saturated heterocycles. The van der Waals surface area contributed by atoms with Gasteiger partial charge in [-0.2, -0.15) is 0 Å². The first-order chi connectivity index (χ1) is 9.32. The van der Waals surface area contributed by atoms with Crippen LogP contribution in [-0.4, -0.2) is 14.3 Å². The second kappa shape index (κ2) is 4.86. The van der Waals surface area contributed by atoms with Gasteiger partial charge in [-0.3, -0.25) is 4.79 Å². The van der Waals surface area contributed by atoms with Crippen LogP contribution in [0.2, 0.25) is 0 Å². The minimum absolute atomic E-state index is 0.0324. The average molecular weight is 291 g/mol. The molecule has 0 radical (unpaired) electrons. The summed E-state index contributed by atoms with van der Waals surface area (Å²) in [5, 5.41) is 0. The predicted octanol–water partition coefficient (Wildman–Crippen LogP) is 0.783. The topological polar surface area (TPSA) is 129 Å². The number of anilines is 2. The van der Waals surface area contributed by atoms with E-state index in [4.69, 9.17) is 17.2 Å². The molecule has 1 amide bonds. The highest BCUT2D eigenvalue weighted by atomic mass is 32.2. The molecule has 0 bridgehead atoms. The zero-order valence-electron chi connectivity index (χ0n) is 10.4. The number of hydrogen-bond acceptors (Lipinski definition) is 5. The quantitative estimate of drug-likeness (QED) is 0.720. The molecule has 0 spiro atoms. The van der Waals surface area contributed by atoms with Gasteiger partial charge in [0, 0.05) is 11.4 Å². The second-order valence-electron chi connectivity index (χ2n) is 4.19. The van der Waals surface area contributed by atoms with E-state index in [1.165, 1.54) is 30.3 Å². The number of rotatable bonds is 3. The van der Waals surface area contributed by atoms with Gasteiger partial charge in [0.15, 0.2) is 0 Å². The van der Waals surface area contributed by atoms with E-state index in [1.807, 2.05) is 0 Å². The molecule has 0 unspecified atom stereocenters. The van der Waals surface area contributed by atoms with Crippen molar-refractivity contribution in [2.75, 3.05) is 11.5 Å². The predicted molar refractivity (Wildman–Crippen MR) is 75.7 cm³/mol. The molecule has 0 aliphatic carbocycles. The Bertz CT molecular complexity index is 785. The van der Waals surface area contributed by atoms with Crippen LogP contribution in [0.3, 0.4) is 0 Å². The average Bonchev–Trinajstić information content (AvgIpc) is 2.38. The molecular formula is C13H13N3O3S. The van der Waals surface area contributed by atoms with Crippen molar-refractivity contribution in [3.63, 3.8) is 0 Å². The first kappa shape index (κ1) is 13.9. The minimum Gasteiger partial charge on any atom is -0.399 e. The molecule has 0 heterocycles. The molecule has 20 heavy (non-hydrogen) atoms. The van der Waals surface area contributed by atoms with E-state index in [-0.39, 0.29) is 21.0 Å². The summed E-state index contributed by atoms with van der Waals surface area (Å²) in [5.74, 6) is -0.785. The fourth-order valence-corrected chi connectivity index (χ4v) is 3.08. The van der Waals surface area contributed by atoms with Crippen molar-refractivity contribution in [3.05, 3.63) is 48.0 Å². The van der Waals surface area contributed by atoms with Crippen LogP contribution in [0.5, 0.6) is 0 Å². The van der Waals surface area contributed by atoms with E-state index in [1.54, 1.807) is 6.07 Å². The van der Waals surface area contributed by atoms with Crippen LogP contribution in [0.4, 0.5) is 11.4 Å². The van der Waals surface area contributed by atoms with Gasteiger partial charge in [0.2, 0.25) is 9.84 Å². The van der Waals surface area contributed by atoms with Crippen LogP contribution >= 0.6 is 0 Å². The highest BCUT2D eigenvalue weighted by Crippen LogP contribution is 2.25. The van der Waals surface area contributed by atoms with E-state index in [0.717, 1.165) is 6.07 Å². The molecule has 104 valence electrons. The van der Waals surface area contributed by atoms with Crippen LogP contribution in [0, 0.1) is 0 Å². The summed E-state index contributed by atoms with van der Waals surface area (Å²) < 4.78 is 24.8. The van der Waals surface area contributed by atoms with E-state index in [0.29, 0.717) is 5.69 Å². The van der Waals surface area contributed by atoms with Crippen molar-refractivity contribution in [1.82, 2.24) is 0 Å². The second-order valence-corrected chi connectivity index (χ2v) is 6.14. The third-order valence-electron chi connectivity index (χ3n) is 2.77. The zero-order valence-corrected chi connectivity index (χ0v) is 11.2. The van der Waals surface area contributed by atoms with Gasteiger partial charge in [-0.1, -0.05) is 6.07 Å². The first-order valence-electron chi connectivity index (χ1n) is 5.62. The van der Waals surface area contributed by atoms with Gasteiger partial charge in [0.1, 0.15) is 0 Å². The van der Waals surface area contributed by atoms with Gasteiger partial charge in [0.05, 0.1) is 15.4 Å². The summed E-state index contributed by atoms with van der Waals surface area (Å²) in [7, 11) is -3.78. The zero-order chi connectivity index (χ0) is 14.9. The molecule has 0 atom stereocenters. The van der Waals surface area contributed by atoms with Gasteiger partial charge >= 0.3 is 0 Å². The van der Waals surface area contributed by atoms with Crippen molar-refractivity contribution in [3.8, 4) is 0 Å². The van der Waals surface area contributed by atoms with Crippen LogP contribution in [0.1, 0.15) is 10.4 Å². The molecule has 2 rings (SSSR count). The standard InChI is InChI=1S/C13H13N3O3S/c14-8-2-1-3-9(6-8)20(18,19)10-4-5-12(15)11(7-10)13(16)17/h1-7H,14-15H2,(H2,16,17). The molecule has 0 aliphatic heterocycles. The summed E-state index contributed by atoms with van der Waals surface area (Å²) in [6, 6.07) is 9.70. The molecule has 6 N–H and O–H groups in total. The maximum atomic E-state index is 12.4. The largest absolute Gasteiger partial charge is 0.399 e. The van der Waals surface area contributed by atoms with Gasteiger partial charge in [-0.15, -0.1) is 0 Å². The van der Waals surface area contributed by atoms with Crippen LogP contribution < -0.4 is 17.2 Å². The van der Waals surface area contributed by atoms with E-state index < -0.39 is 15.7 Å². The number of sulfone groups is 1. The van der Waals surface area contributed by atoms with Gasteiger partial charge in [-0.05, 0) is 36.4 Å². The van der Waals surface area contributed by atoms with Crippen LogP contribution in [0.15, 0.2) is 52.3 Å². The molecule has 0 aromatic heterocycles. The molecular weight excluding hydrogens is 278 g/mol. The molecule has 2 aromatic carbocycles. The Hall–Kier alpha value is -2.54. The fourth-order valence-electron chi connectivity index (χ4n) is 1.73. The van der Waals surface area contributed by atoms with E-state index >= 15 is 0 Å². The summed E-state index contributed by atoms with van der Waals surface area (Å²) in [6.45, 7) is 0. The van der Waals surface area contributed by atoms with Gasteiger partial charge < -0.3 is 17.2 Å². The number of hydrogen-bond donors (Lipinski definition) is 3. The molecule has 0 saturated carbocycles. The highest BCUT2D eigenvalue weighted by molar-refractivity contribution is 7.91. The Kier molecular flexibility index (Phi) is 3.37. The molecule has 7 heteroatoms.